The van der Waals surface area contributed by atoms with Crippen molar-refractivity contribution in [1.29, 1.82) is 0 Å². The Bertz CT molecular complexity index is 299. The van der Waals surface area contributed by atoms with Gasteiger partial charge in [0.05, 0.1) is 0 Å². The van der Waals surface area contributed by atoms with Crippen LogP contribution in [0.4, 0.5) is 0 Å². The van der Waals surface area contributed by atoms with Crippen molar-refractivity contribution in [2.45, 2.75) is 73.8 Å². The number of rotatable bonds is 3. The van der Waals surface area contributed by atoms with E-state index in [0.29, 0.717) is 24.3 Å². The van der Waals surface area contributed by atoms with Crippen LogP contribution in [0.15, 0.2) is 0 Å². The quantitative estimate of drug-likeness (QED) is 0.741. The molecule has 0 aromatic heterocycles. The third kappa shape index (κ3) is 4.29. The van der Waals surface area contributed by atoms with Gasteiger partial charge in [0.1, 0.15) is 0 Å². The number of piperidine rings is 1. The Morgan fingerprint density at radius 3 is 2.22 bits per heavy atom. The van der Waals surface area contributed by atoms with Crippen LogP contribution in [0.5, 0.6) is 0 Å². The zero-order valence-corrected chi connectivity index (χ0v) is 13.3. The van der Waals surface area contributed by atoms with Crippen LogP contribution in [-0.4, -0.2) is 23.4 Å². The van der Waals surface area contributed by atoms with Crippen molar-refractivity contribution in [1.82, 2.24) is 4.90 Å². The molecule has 1 heterocycles. The molecule has 1 rings (SSSR count). The number of carbonyl (C=O) groups is 1. The summed E-state index contributed by atoms with van der Waals surface area (Å²) >= 11 is 0. The van der Waals surface area contributed by atoms with E-state index in [1.807, 2.05) is 0 Å². The molecule has 0 saturated carbocycles. The number of hydrogen-bond acceptors (Lipinski definition) is 1. The molecule has 18 heavy (non-hydrogen) atoms. The second-order valence-corrected chi connectivity index (χ2v) is 8.25. The Morgan fingerprint density at radius 1 is 1.28 bits per heavy atom. The van der Waals surface area contributed by atoms with E-state index in [-0.39, 0.29) is 10.8 Å². The maximum atomic E-state index is 12.4. The Hall–Kier alpha value is -0.530. The van der Waals surface area contributed by atoms with Crippen LogP contribution in [0.3, 0.4) is 0 Å². The Labute approximate surface area is 113 Å². The molecule has 0 N–H and O–H groups in total. The van der Waals surface area contributed by atoms with E-state index in [0.717, 1.165) is 19.4 Å². The number of likely N-dealkylation sites (tertiary alicyclic amines) is 1. The van der Waals surface area contributed by atoms with E-state index in [2.05, 4.69) is 53.4 Å². The predicted molar refractivity (Wildman–Crippen MR) is 77.4 cm³/mol. The van der Waals surface area contributed by atoms with Gasteiger partial charge >= 0.3 is 0 Å². The molecular formula is C16H31NO. The highest BCUT2D eigenvalue weighted by Crippen LogP contribution is 2.35. The van der Waals surface area contributed by atoms with Crippen LogP contribution in [0, 0.1) is 16.7 Å². The zero-order chi connectivity index (χ0) is 14.1. The van der Waals surface area contributed by atoms with Crippen molar-refractivity contribution in [3.8, 4) is 0 Å². The summed E-state index contributed by atoms with van der Waals surface area (Å²) in [6.07, 6.45) is 2.93. The fourth-order valence-corrected chi connectivity index (χ4v) is 2.83. The highest BCUT2D eigenvalue weighted by molar-refractivity contribution is 5.78. The molecule has 0 aromatic carbocycles. The molecular weight excluding hydrogens is 222 g/mol. The molecule has 0 aliphatic carbocycles. The number of amides is 1. The maximum Gasteiger partial charge on any atom is 0.223 e. The third-order valence-electron chi connectivity index (χ3n) is 3.97. The molecule has 0 bridgehead atoms. The lowest BCUT2D eigenvalue weighted by atomic mass is 9.78. The predicted octanol–water partition coefficient (Wildman–Crippen LogP) is 4.10. The Balaban J connectivity index is 2.79. The molecule has 0 spiro atoms. The van der Waals surface area contributed by atoms with E-state index in [4.69, 9.17) is 0 Å². The topological polar surface area (TPSA) is 20.3 Å². The normalized spacial score (nSPS) is 22.4. The molecule has 1 saturated heterocycles. The minimum absolute atomic E-state index is 0.191. The van der Waals surface area contributed by atoms with Gasteiger partial charge in [0, 0.05) is 19.0 Å². The highest BCUT2D eigenvalue weighted by atomic mass is 16.2. The summed E-state index contributed by atoms with van der Waals surface area (Å²) in [5.74, 6) is 0.892. The minimum Gasteiger partial charge on any atom is -0.339 e. The molecule has 1 fully saturated rings. The van der Waals surface area contributed by atoms with Gasteiger partial charge < -0.3 is 4.90 Å². The summed E-state index contributed by atoms with van der Waals surface area (Å²) in [6, 6.07) is 0.397. The van der Waals surface area contributed by atoms with Crippen LogP contribution >= 0.6 is 0 Å². The van der Waals surface area contributed by atoms with Gasteiger partial charge in [-0.2, -0.15) is 0 Å². The van der Waals surface area contributed by atoms with Gasteiger partial charge in [-0.05, 0) is 29.6 Å². The zero-order valence-electron chi connectivity index (χ0n) is 13.3. The van der Waals surface area contributed by atoms with Crippen molar-refractivity contribution in [2.24, 2.45) is 16.7 Å². The summed E-state index contributed by atoms with van der Waals surface area (Å²) in [4.78, 5) is 14.5. The number of hydrogen-bond donors (Lipinski definition) is 0. The molecule has 0 radical (unpaired) electrons. The monoisotopic (exact) mass is 253 g/mol. The highest BCUT2D eigenvalue weighted by Gasteiger charge is 2.37. The Morgan fingerprint density at radius 2 is 1.83 bits per heavy atom. The summed E-state index contributed by atoms with van der Waals surface area (Å²) in [6.45, 7) is 16.6. The molecule has 1 unspecified atom stereocenters. The van der Waals surface area contributed by atoms with Gasteiger partial charge in [-0.15, -0.1) is 0 Å². The van der Waals surface area contributed by atoms with E-state index < -0.39 is 0 Å². The van der Waals surface area contributed by atoms with Gasteiger partial charge in [-0.25, -0.2) is 0 Å². The smallest absolute Gasteiger partial charge is 0.223 e. The van der Waals surface area contributed by atoms with Gasteiger partial charge in [0.25, 0.3) is 0 Å². The van der Waals surface area contributed by atoms with Crippen molar-refractivity contribution >= 4 is 5.91 Å². The molecule has 2 nitrogen and oxygen atoms in total. The van der Waals surface area contributed by atoms with Crippen LogP contribution < -0.4 is 0 Å². The SMILES string of the molecule is CC(C)C(CC(C)(C)C)N1CCC(C)(C)CC1=O. The molecule has 1 aliphatic rings. The second kappa shape index (κ2) is 5.22. The molecule has 1 amide bonds. The standard InChI is InChI=1S/C16H31NO/c1-12(2)13(10-15(3,4)5)17-9-8-16(6,7)11-14(17)18/h12-13H,8-11H2,1-7H3. The lowest BCUT2D eigenvalue weighted by Crippen LogP contribution is -2.50. The van der Waals surface area contributed by atoms with Gasteiger partial charge in [0.2, 0.25) is 5.91 Å². The van der Waals surface area contributed by atoms with Gasteiger partial charge in [0.15, 0.2) is 0 Å². The summed E-state index contributed by atoms with van der Waals surface area (Å²) in [5.41, 5.74) is 0.471. The number of carbonyl (C=O) groups excluding carboxylic acids is 1. The second-order valence-electron chi connectivity index (χ2n) is 8.25. The molecule has 1 aliphatic heterocycles. The van der Waals surface area contributed by atoms with Crippen molar-refractivity contribution in [3.63, 3.8) is 0 Å². The number of nitrogens with zero attached hydrogens (tertiary/aromatic N) is 1. The maximum absolute atomic E-state index is 12.4. The summed E-state index contributed by atoms with van der Waals surface area (Å²) < 4.78 is 0. The molecule has 106 valence electrons. The van der Waals surface area contributed by atoms with E-state index in [1.54, 1.807) is 0 Å². The van der Waals surface area contributed by atoms with Gasteiger partial charge in [-0.1, -0.05) is 48.5 Å². The average Bonchev–Trinajstić information content (AvgIpc) is 2.11. The van der Waals surface area contributed by atoms with Crippen LogP contribution in [0.2, 0.25) is 0 Å². The lowest BCUT2D eigenvalue weighted by Gasteiger charge is -2.44. The first-order valence-corrected chi connectivity index (χ1v) is 7.31. The Kier molecular flexibility index (Phi) is 4.51. The third-order valence-corrected chi connectivity index (χ3v) is 3.97. The molecule has 0 aromatic rings. The van der Waals surface area contributed by atoms with Crippen LogP contribution in [0.25, 0.3) is 0 Å². The van der Waals surface area contributed by atoms with Crippen LogP contribution in [-0.2, 0) is 4.79 Å². The van der Waals surface area contributed by atoms with E-state index >= 15 is 0 Å². The van der Waals surface area contributed by atoms with Crippen LogP contribution in [0.1, 0.15) is 67.7 Å². The fourth-order valence-electron chi connectivity index (χ4n) is 2.83. The first kappa shape index (κ1) is 15.5. The lowest BCUT2D eigenvalue weighted by molar-refractivity contribution is -0.141. The fraction of sp³-hybridized carbons (Fsp3) is 0.938. The minimum atomic E-state index is 0.191. The van der Waals surface area contributed by atoms with E-state index in [1.165, 1.54) is 0 Å². The summed E-state index contributed by atoms with van der Waals surface area (Å²) in [7, 11) is 0. The molecule has 2 heteroatoms. The summed E-state index contributed by atoms with van der Waals surface area (Å²) in [5, 5.41) is 0. The van der Waals surface area contributed by atoms with Crippen molar-refractivity contribution < 1.29 is 4.79 Å². The van der Waals surface area contributed by atoms with Crippen molar-refractivity contribution in [3.05, 3.63) is 0 Å². The average molecular weight is 253 g/mol. The van der Waals surface area contributed by atoms with Crippen molar-refractivity contribution in [2.75, 3.05) is 6.54 Å². The largest absolute Gasteiger partial charge is 0.339 e. The van der Waals surface area contributed by atoms with Gasteiger partial charge in [-0.3, -0.25) is 4.79 Å². The molecule has 1 atom stereocenters. The first-order chi connectivity index (χ1) is 8.02. The van der Waals surface area contributed by atoms with E-state index in [9.17, 15) is 4.79 Å². The first-order valence-electron chi connectivity index (χ1n) is 7.31.